The third-order valence-electron chi connectivity index (χ3n) is 2.74. The molecule has 0 bridgehead atoms. The molecule has 2 N–H and O–H groups in total. The second-order valence-corrected chi connectivity index (χ2v) is 4.46. The fraction of sp³-hybridized carbons (Fsp3) is 0.273. The van der Waals surface area contributed by atoms with E-state index in [1.165, 1.54) is 18.2 Å². The highest BCUT2D eigenvalue weighted by Gasteiger charge is 2.25. The van der Waals surface area contributed by atoms with Gasteiger partial charge in [0.15, 0.2) is 0 Å². The first-order valence-electron chi connectivity index (χ1n) is 5.75. The number of nitrogens with one attached hydrogen (secondary N) is 2. The van der Waals surface area contributed by atoms with Gasteiger partial charge >= 0.3 is 6.03 Å². The number of benzene rings is 1. The lowest BCUT2D eigenvalue weighted by atomic mass is 10.3. The first-order chi connectivity index (χ1) is 9.49. The molecule has 1 fully saturated rings. The molecule has 1 aromatic carbocycles. The summed E-state index contributed by atoms with van der Waals surface area (Å²) in [5.74, 6) is -0.405. The Balaban J connectivity index is 2.00. The van der Waals surface area contributed by atoms with Gasteiger partial charge in [0.25, 0.3) is 5.69 Å². The molecule has 0 atom stereocenters. The van der Waals surface area contributed by atoms with Gasteiger partial charge in [-0.25, -0.2) is 4.79 Å². The zero-order chi connectivity index (χ0) is 14.7. The van der Waals surface area contributed by atoms with Gasteiger partial charge in [-0.15, -0.1) is 0 Å². The monoisotopic (exact) mass is 298 g/mol. The fourth-order valence-electron chi connectivity index (χ4n) is 1.75. The van der Waals surface area contributed by atoms with Crippen LogP contribution >= 0.6 is 11.6 Å². The zero-order valence-corrected chi connectivity index (χ0v) is 11.0. The van der Waals surface area contributed by atoms with Gasteiger partial charge in [-0.05, 0) is 12.1 Å². The van der Waals surface area contributed by atoms with E-state index >= 15 is 0 Å². The minimum atomic E-state index is -0.608. The van der Waals surface area contributed by atoms with Crippen LogP contribution in [0.4, 0.5) is 16.2 Å². The van der Waals surface area contributed by atoms with E-state index in [0.29, 0.717) is 18.8 Å². The maximum atomic E-state index is 11.8. The summed E-state index contributed by atoms with van der Waals surface area (Å²) in [4.78, 5) is 34.2. The van der Waals surface area contributed by atoms with Crippen LogP contribution in [-0.4, -0.2) is 41.4 Å². The number of amides is 3. The summed E-state index contributed by atoms with van der Waals surface area (Å²) in [5.41, 5.74) is 0.136. The number of nitro benzene ring substituents is 1. The molecule has 3 amide bonds. The van der Waals surface area contributed by atoms with Gasteiger partial charge in [0.1, 0.15) is 5.02 Å². The Kier molecular flexibility index (Phi) is 4.04. The maximum Gasteiger partial charge on any atom is 0.324 e. The topological polar surface area (TPSA) is 105 Å². The number of carbonyl (C=O) groups is 2. The molecule has 1 aromatic rings. The van der Waals surface area contributed by atoms with E-state index in [2.05, 4.69) is 10.6 Å². The molecule has 1 heterocycles. The molecule has 0 aliphatic carbocycles. The standard InChI is InChI=1S/C11H11ClN4O4/c12-8-2-1-7(5-9(8)16(19)20)14-6-10(17)15-4-3-13-11(15)18/h1-2,5,14H,3-4,6H2,(H,13,18). The van der Waals surface area contributed by atoms with Crippen molar-refractivity contribution >= 4 is 34.9 Å². The van der Waals surface area contributed by atoms with Crippen LogP contribution in [0.3, 0.4) is 0 Å². The lowest BCUT2D eigenvalue weighted by Gasteiger charge is -2.13. The molecule has 1 saturated heterocycles. The molecule has 0 aromatic heterocycles. The van der Waals surface area contributed by atoms with E-state index in [9.17, 15) is 19.7 Å². The van der Waals surface area contributed by atoms with Gasteiger partial charge in [0.05, 0.1) is 11.5 Å². The number of urea groups is 1. The second kappa shape index (κ2) is 5.74. The Morgan fingerprint density at radius 3 is 2.90 bits per heavy atom. The Morgan fingerprint density at radius 1 is 1.55 bits per heavy atom. The molecular formula is C11H11ClN4O4. The van der Waals surface area contributed by atoms with Crippen molar-refractivity contribution in [3.8, 4) is 0 Å². The van der Waals surface area contributed by atoms with Crippen LogP contribution in [0.2, 0.25) is 5.02 Å². The molecule has 1 aliphatic heterocycles. The van der Waals surface area contributed by atoms with Crippen LogP contribution in [0.5, 0.6) is 0 Å². The summed E-state index contributed by atoms with van der Waals surface area (Å²) in [7, 11) is 0. The summed E-state index contributed by atoms with van der Waals surface area (Å²) in [6.45, 7) is 0.614. The molecule has 8 nitrogen and oxygen atoms in total. The first kappa shape index (κ1) is 14.1. The van der Waals surface area contributed by atoms with Crippen molar-refractivity contribution in [1.82, 2.24) is 10.2 Å². The van der Waals surface area contributed by atoms with Gasteiger partial charge in [0, 0.05) is 24.8 Å². The number of nitrogens with zero attached hydrogens (tertiary/aromatic N) is 2. The van der Waals surface area contributed by atoms with Gasteiger partial charge in [-0.2, -0.15) is 0 Å². The molecule has 0 spiro atoms. The molecule has 2 rings (SSSR count). The number of hydrogen-bond acceptors (Lipinski definition) is 5. The number of rotatable bonds is 4. The molecule has 106 valence electrons. The number of carbonyl (C=O) groups excluding carboxylic acids is 2. The summed E-state index contributed by atoms with van der Waals surface area (Å²) in [6, 6.07) is 3.69. The number of imide groups is 1. The van der Waals surface area contributed by atoms with Crippen LogP contribution in [0.1, 0.15) is 0 Å². The third kappa shape index (κ3) is 2.97. The Morgan fingerprint density at radius 2 is 2.30 bits per heavy atom. The Hall–Kier alpha value is -2.35. The van der Waals surface area contributed by atoms with E-state index in [1.54, 1.807) is 0 Å². The van der Waals surface area contributed by atoms with E-state index in [0.717, 1.165) is 4.90 Å². The molecule has 9 heteroatoms. The van der Waals surface area contributed by atoms with Crippen LogP contribution in [0.15, 0.2) is 18.2 Å². The van der Waals surface area contributed by atoms with Crippen molar-refractivity contribution < 1.29 is 14.5 Å². The normalized spacial score (nSPS) is 14.1. The molecule has 0 saturated carbocycles. The third-order valence-corrected chi connectivity index (χ3v) is 3.06. The van der Waals surface area contributed by atoms with Gasteiger partial charge in [-0.3, -0.25) is 19.8 Å². The summed E-state index contributed by atoms with van der Waals surface area (Å²) < 4.78 is 0. The lowest BCUT2D eigenvalue weighted by Crippen LogP contribution is -2.37. The average Bonchev–Trinajstić information content (AvgIpc) is 2.83. The number of nitro groups is 1. The quantitative estimate of drug-likeness (QED) is 0.642. The van der Waals surface area contributed by atoms with E-state index in [1.807, 2.05) is 0 Å². The largest absolute Gasteiger partial charge is 0.376 e. The van der Waals surface area contributed by atoms with Crippen molar-refractivity contribution in [2.24, 2.45) is 0 Å². The zero-order valence-electron chi connectivity index (χ0n) is 10.3. The maximum absolute atomic E-state index is 11.8. The van der Waals surface area contributed by atoms with Crippen molar-refractivity contribution in [2.75, 3.05) is 25.0 Å². The predicted octanol–water partition coefficient (Wildman–Crippen LogP) is 1.21. The highest BCUT2D eigenvalue weighted by molar-refractivity contribution is 6.32. The lowest BCUT2D eigenvalue weighted by molar-refractivity contribution is -0.384. The van der Waals surface area contributed by atoms with Gasteiger partial charge in [0.2, 0.25) is 5.91 Å². The van der Waals surface area contributed by atoms with Crippen LogP contribution < -0.4 is 10.6 Å². The predicted molar refractivity (Wildman–Crippen MR) is 71.7 cm³/mol. The smallest absolute Gasteiger partial charge is 0.324 e. The minimum absolute atomic E-state index is 0.0193. The highest BCUT2D eigenvalue weighted by Crippen LogP contribution is 2.27. The SMILES string of the molecule is O=C(CNc1ccc(Cl)c([N+](=O)[O-])c1)N1CCNC1=O. The second-order valence-electron chi connectivity index (χ2n) is 4.05. The van der Waals surface area contributed by atoms with Crippen molar-refractivity contribution in [1.29, 1.82) is 0 Å². The fourth-order valence-corrected chi connectivity index (χ4v) is 1.93. The molecule has 20 heavy (non-hydrogen) atoms. The van der Waals surface area contributed by atoms with E-state index < -0.39 is 16.9 Å². The number of anilines is 1. The Bertz CT molecular complexity index is 578. The first-order valence-corrected chi connectivity index (χ1v) is 6.13. The summed E-state index contributed by atoms with van der Waals surface area (Å²) in [6.07, 6.45) is 0. The van der Waals surface area contributed by atoms with E-state index in [4.69, 9.17) is 11.6 Å². The molecule has 0 unspecified atom stereocenters. The average molecular weight is 299 g/mol. The molecular weight excluding hydrogens is 288 g/mol. The minimum Gasteiger partial charge on any atom is -0.376 e. The highest BCUT2D eigenvalue weighted by atomic mass is 35.5. The van der Waals surface area contributed by atoms with Crippen LogP contribution in [-0.2, 0) is 4.79 Å². The Labute approximate surface area is 118 Å². The van der Waals surface area contributed by atoms with Crippen LogP contribution in [0, 0.1) is 10.1 Å². The van der Waals surface area contributed by atoms with E-state index in [-0.39, 0.29) is 17.3 Å². The van der Waals surface area contributed by atoms with Crippen molar-refractivity contribution in [3.05, 3.63) is 33.3 Å². The van der Waals surface area contributed by atoms with Gasteiger partial charge in [-0.1, -0.05) is 11.6 Å². The molecule has 1 aliphatic rings. The van der Waals surface area contributed by atoms with Crippen molar-refractivity contribution in [3.63, 3.8) is 0 Å². The van der Waals surface area contributed by atoms with Crippen LogP contribution in [0.25, 0.3) is 0 Å². The number of halogens is 1. The summed E-state index contributed by atoms with van der Waals surface area (Å²) in [5, 5.41) is 16.0. The molecule has 0 radical (unpaired) electrons. The number of hydrogen-bond donors (Lipinski definition) is 2. The summed E-state index contributed by atoms with van der Waals surface area (Å²) >= 11 is 5.68. The van der Waals surface area contributed by atoms with Gasteiger partial charge < -0.3 is 10.6 Å². The van der Waals surface area contributed by atoms with Crippen molar-refractivity contribution in [2.45, 2.75) is 0 Å².